The summed E-state index contributed by atoms with van der Waals surface area (Å²) in [7, 11) is 0. The van der Waals surface area contributed by atoms with Gasteiger partial charge in [-0.3, -0.25) is 4.79 Å². The van der Waals surface area contributed by atoms with Crippen LogP contribution >= 0.6 is 36.2 Å². The number of carbonyl (C=O) groups excluding carboxylic acids is 1. The fraction of sp³-hybridized carbons (Fsp3) is 0.692. The van der Waals surface area contributed by atoms with Gasteiger partial charge in [0.05, 0.1) is 5.51 Å². The number of nitrogens with one attached hydrogen (secondary N) is 1. The van der Waals surface area contributed by atoms with E-state index >= 15 is 0 Å². The molecule has 0 aromatic carbocycles. The molecule has 2 aliphatic rings. The minimum Gasteiger partial charge on any atom is -0.337 e. The fourth-order valence-electron chi connectivity index (χ4n) is 3.12. The second-order valence-electron chi connectivity index (χ2n) is 5.42. The minimum absolute atomic E-state index is 0. The molecule has 2 saturated heterocycles. The standard InChI is InChI=1S/C13H19N3OS.2ClH/c17-12(11-9-18-10-15-11)16-7-3-13(4-8-16)1-5-14-6-2-13;;/h9-10,14H,1-8H2;2*1H. The average molecular weight is 338 g/mol. The van der Waals surface area contributed by atoms with Gasteiger partial charge in [-0.2, -0.15) is 0 Å². The van der Waals surface area contributed by atoms with Crippen LogP contribution in [0.25, 0.3) is 0 Å². The van der Waals surface area contributed by atoms with E-state index in [0.717, 1.165) is 39.0 Å². The van der Waals surface area contributed by atoms with Crippen molar-refractivity contribution in [1.82, 2.24) is 15.2 Å². The van der Waals surface area contributed by atoms with Crippen molar-refractivity contribution < 1.29 is 4.79 Å². The first-order valence-corrected chi connectivity index (χ1v) is 7.62. The summed E-state index contributed by atoms with van der Waals surface area (Å²) in [5.41, 5.74) is 2.84. The van der Waals surface area contributed by atoms with Gasteiger partial charge < -0.3 is 10.2 Å². The van der Waals surface area contributed by atoms with Gasteiger partial charge in [0.25, 0.3) is 5.91 Å². The number of carbonyl (C=O) groups is 1. The molecule has 0 saturated carbocycles. The van der Waals surface area contributed by atoms with Gasteiger partial charge in [-0.05, 0) is 44.2 Å². The summed E-state index contributed by atoms with van der Waals surface area (Å²) in [5, 5.41) is 5.27. The number of amides is 1. The highest BCUT2D eigenvalue weighted by atomic mass is 35.5. The maximum absolute atomic E-state index is 12.2. The molecule has 114 valence electrons. The van der Waals surface area contributed by atoms with E-state index in [2.05, 4.69) is 10.3 Å². The summed E-state index contributed by atoms with van der Waals surface area (Å²) in [6, 6.07) is 0. The van der Waals surface area contributed by atoms with Crippen molar-refractivity contribution in [3.8, 4) is 0 Å². The zero-order chi connectivity index (χ0) is 12.4. The number of rotatable bonds is 1. The van der Waals surface area contributed by atoms with Crippen LogP contribution in [0.15, 0.2) is 10.9 Å². The number of thiazole rings is 1. The Labute approximate surface area is 136 Å². The molecule has 3 rings (SSSR count). The number of aromatic nitrogens is 1. The molecule has 1 N–H and O–H groups in total. The zero-order valence-corrected chi connectivity index (χ0v) is 13.8. The molecule has 0 unspecified atom stereocenters. The quantitative estimate of drug-likeness (QED) is 0.856. The normalized spacial score (nSPS) is 20.9. The summed E-state index contributed by atoms with van der Waals surface area (Å²) < 4.78 is 0. The number of piperidine rings is 2. The van der Waals surface area contributed by atoms with Crippen molar-refractivity contribution >= 4 is 42.1 Å². The number of hydrogen-bond donors (Lipinski definition) is 1. The van der Waals surface area contributed by atoms with Crippen LogP contribution in [-0.4, -0.2) is 42.0 Å². The van der Waals surface area contributed by atoms with E-state index < -0.39 is 0 Å². The first kappa shape index (κ1) is 17.7. The third kappa shape index (κ3) is 3.64. The lowest BCUT2D eigenvalue weighted by molar-refractivity contribution is 0.0491. The Morgan fingerprint density at radius 1 is 1.20 bits per heavy atom. The van der Waals surface area contributed by atoms with E-state index in [4.69, 9.17) is 0 Å². The monoisotopic (exact) mass is 337 g/mol. The minimum atomic E-state index is 0. The molecule has 1 aromatic heterocycles. The molecule has 4 nitrogen and oxygen atoms in total. The molecule has 2 aliphatic heterocycles. The second kappa shape index (κ2) is 7.59. The van der Waals surface area contributed by atoms with Crippen LogP contribution in [0, 0.1) is 5.41 Å². The third-order valence-electron chi connectivity index (χ3n) is 4.43. The van der Waals surface area contributed by atoms with Gasteiger partial charge in [0.1, 0.15) is 5.69 Å². The molecule has 20 heavy (non-hydrogen) atoms. The van der Waals surface area contributed by atoms with E-state index in [1.54, 1.807) is 5.51 Å². The highest BCUT2D eigenvalue weighted by Crippen LogP contribution is 2.39. The van der Waals surface area contributed by atoms with Crippen molar-refractivity contribution in [2.45, 2.75) is 25.7 Å². The Bertz CT molecular complexity index is 411. The zero-order valence-electron chi connectivity index (χ0n) is 11.3. The maximum atomic E-state index is 12.2. The Hall–Kier alpha value is -0.360. The molecule has 7 heteroatoms. The van der Waals surface area contributed by atoms with Crippen molar-refractivity contribution in [3.05, 3.63) is 16.6 Å². The molecular formula is C13H21Cl2N3OS. The molecule has 1 aromatic rings. The molecule has 2 fully saturated rings. The molecular weight excluding hydrogens is 317 g/mol. The molecule has 1 spiro atoms. The predicted molar refractivity (Wildman–Crippen MR) is 86.3 cm³/mol. The Morgan fingerprint density at radius 3 is 2.40 bits per heavy atom. The number of halogens is 2. The van der Waals surface area contributed by atoms with E-state index in [1.807, 2.05) is 10.3 Å². The molecule has 0 atom stereocenters. The average Bonchev–Trinajstić information content (AvgIpc) is 2.94. The van der Waals surface area contributed by atoms with Crippen LogP contribution in [0.5, 0.6) is 0 Å². The highest BCUT2D eigenvalue weighted by molar-refractivity contribution is 7.07. The van der Waals surface area contributed by atoms with Gasteiger partial charge in [0.15, 0.2) is 0 Å². The molecule has 0 radical (unpaired) electrons. The summed E-state index contributed by atoms with van der Waals surface area (Å²) >= 11 is 1.49. The molecule has 3 heterocycles. The van der Waals surface area contributed by atoms with Gasteiger partial charge in [0, 0.05) is 18.5 Å². The summed E-state index contributed by atoms with van der Waals surface area (Å²) in [5.74, 6) is 0.111. The van der Waals surface area contributed by atoms with E-state index in [1.165, 1.54) is 24.2 Å². The topological polar surface area (TPSA) is 45.2 Å². The first-order chi connectivity index (χ1) is 8.79. The highest BCUT2D eigenvalue weighted by Gasteiger charge is 2.36. The first-order valence-electron chi connectivity index (χ1n) is 6.67. The van der Waals surface area contributed by atoms with E-state index in [9.17, 15) is 4.79 Å². The lowest BCUT2D eigenvalue weighted by atomic mass is 9.71. The Morgan fingerprint density at radius 2 is 1.85 bits per heavy atom. The Balaban J connectivity index is 0.000001000. The smallest absolute Gasteiger partial charge is 0.273 e. The molecule has 0 aliphatic carbocycles. The summed E-state index contributed by atoms with van der Waals surface area (Å²) in [6.07, 6.45) is 4.85. The van der Waals surface area contributed by atoms with Gasteiger partial charge in [-0.25, -0.2) is 4.98 Å². The van der Waals surface area contributed by atoms with Crippen LogP contribution in [0.2, 0.25) is 0 Å². The third-order valence-corrected chi connectivity index (χ3v) is 5.01. The van der Waals surface area contributed by atoms with Crippen LogP contribution in [-0.2, 0) is 0 Å². The lowest BCUT2D eigenvalue weighted by Gasteiger charge is -2.44. The molecule has 0 bridgehead atoms. The van der Waals surface area contributed by atoms with Gasteiger partial charge in [-0.1, -0.05) is 0 Å². The Kier molecular flexibility index (Phi) is 6.72. The predicted octanol–water partition coefficient (Wildman–Crippen LogP) is 2.59. The van der Waals surface area contributed by atoms with Gasteiger partial charge in [0.2, 0.25) is 0 Å². The van der Waals surface area contributed by atoms with Crippen LogP contribution in [0.1, 0.15) is 36.2 Å². The second-order valence-corrected chi connectivity index (χ2v) is 6.13. The van der Waals surface area contributed by atoms with Crippen LogP contribution in [0.4, 0.5) is 0 Å². The van der Waals surface area contributed by atoms with E-state index in [0.29, 0.717) is 11.1 Å². The summed E-state index contributed by atoms with van der Waals surface area (Å²) in [6.45, 7) is 4.08. The van der Waals surface area contributed by atoms with Crippen LogP contribution < -0.4 is 5.32 Å². The van der Waals surface area contributed by atoms with Crippen molar-refractivity contribution in [3.63, 3.8) is 0 Å². The van der Waals surface area contributed by atoms with Crippen molar-refractivity contribution in [2.75, 3.05) is 26.2 Å². The van der Waals surface area contributed by atoms with Crippen molar-refractivity contribution in [1.29, 1.82) is 0 Å². The maximum Gasteiger partial charge on any atom is 0.273 e. The number of likely N-dealkylation sites (tertiary alicyclic amines) is 1. The van der Waals surface area contributed by atoms with Gasteiger partial charge >= 0.3 is 0 Å². The number of nitrogens with zero attached hydrogens (tertiary/aromatic N) is 2. The molecule has 1 amide bonds. The SMILES string of the molecule is Cl.Cl.O=C(c1cscn1)N1CCC2(CCNCC2)CC1. The van der Waals surface area contributed by atoms with Crippen LogP contribution in [0.3, 0.4) is 0 Å². The largest absolute Gasteiger partial charge is 0.337 e. The lowest BCUT2D eigenvalue weighted by Crippen LogP contribution is -2.47. The summed E-state index contributed by atoms with van der Waals surface area (Å²) in [4.78, 5) is 18.3. The number of hydrogen-bond acceptors (Lipinski definition) is 4. The van der Waals surface area contributed by atoms with E-state index in [-0.39, 0.29) is 30.7 Å². The van der Waals surface area contributed by atoms with Crippen molar-refractivity contribution in [2.24, 2.45) is 5.41 Å². The van der Waals surface area contributed by atoms with Gasteiger partial charge in [-0.15, -0.1) is 36.2 Å². The fourth-order valence-corrected chi connectivity index (χ4v) is 3.65.